The molecule has 1 N–H and O–H groups in total. The van der Waals surface area contributed by atoms with Crippen LogP contribution in [-0.4, -0.2) is 6.54 Å². The minimum absolute atomic E-state index is 0.0602. The van der Waals surface area contributed by atoms with Crippen LogP contribution in [0.4, 0.5) is 8.78 Å². The summed E-state index contributed by atoms with van der Waals surface area (Å²) in [6.45, 7) is 2.78. The fourth-order valence-corrected chi connectivity index (χ4v) is 2.67. The number of hydrogen-bond acceptors (Lipinski definition) is 1. The van der Waals surface area contributed by atoms with E-state index in [-0.39, 0.29) is 6.04 Å². The second-order valence-electron chi connectivity index (χ2n) is 5.09. The standard InChI is InChI=1S/C16H21F2N/c1-2-19-16(10-12-6-4-3-5-7-12)14-9-8-13(17)11-15(14)18/h6,8-9,11,16,19H,2-5,7,10H2,1H3. The first-order valence-electron chi connectivity index (χ1n) is 7.07. The third-order valence-electron chi connectivity index (χ3n) is 3.64. The summed E-state index contributed by atoms with van der Waals surface area (Å²) in [5, 5.41) is 3.30. The molecule has 0 saturated carbocycles. The molecule has 1 aliphatic carbocycles. The van der Waals surface area contributed by atoms with Crippen molar-refractivity contribution in [2.75, 3.05) is 6.54 Å². The molecule has 0 fully saturated rings. The van der Waals surface area contributed by atoms with Crippen molar-refractivity contribution in [3.63, 3.8) is 0 Å². The summed E-state index contributed by atoms with van der Waals surface area (Å²) in [6.07, 6.45) is 7.79. The molecule has 0 aromatic heterocycles. The van der Waals surface area contributed by atoms with E-state index in [2.05, 4.69) is 11.4 Å². The van der Waals surface area contributed by atoms with Gasteiger partial charge in [-0.2, -0.15) is 0 Å². The Balaban J connectivity index is 2.16. The lowest BCUT2D eigenvalue weighted by atomic mass is 9.91. The highest BCUT2D eigenvalue weighted by atomic mass is 19.1. The maximum atomic E-state index is 13.9. The molecule has 19 heavy (non-hydrogen) atoms. The fraction of sp³-hybridized carbons (Fsp3) is 0.500. The van der Waals surface area contributed by atoms with Crippen molar-refractivity contribution < 1.29 is 8.78 Å². The largest absolute Gasteiger partial charge is 0.310 e. The van der Waals surface area contributed by atoms with Gasteiger partial charge in [0.05, 0.1) is 0 Å². The Labute approximate surface area is 113 Å². The molecule has 1 atom stereocenters. The lowest BCUT2D eigenvalue weighted by molar-refractivity contribution is 0.491. The lowest BCUT2D eigenvalue weighted by Gasteiger charge is -2.22. The van der Waals surface area contributed by atoms with Gasteiger partial charge in [0.25, 0.3) is 0 Å². The number of allylic oxidation sites excluding steroid dienone is 1. The van der Waals surface area contributed by atoms with Crippen LogP contribution in [0, 0.1) is 11.6 Å². The zero-order valence-electron chi connectivity index (χ0n) is 11.4. The molecule has 0 amide bonds. The minimum atomic E-state index is -0.520. The molecule has 1 aliphatic rings. The highest BCUT2D eigenvalue weighted by Crippen LogP contribution is 2.29. The number of halogens is 2. The molecule has 3 heteroatoms. The van der Waals surface area contributed by atoms with Crippen LogP contribution in [0.3, 0.4) is 0 Å². The van der Waals surface area contributed by atoms with Gasteiger partial charge in [0.15, 0.2) is 0 Å². The smallest absolute Gasteiger partial charge is 0.130 e. The monoisotopic (exact) mass is 265 g/mol. The summed E-state index contributed by atoms with van der Waals surface area (Å²) in [5.41, 5.74) is 1.95. The Bertz CT molecular complexity index is 454. The molecule has 1 nitrogen and oxygen atoms in total. The SMILES string of the molecule is CCNC(CC1=CCCCC1)c1ccc(F)cc1F. The summed E-state index contributed by atoms with van der Waals surface area (Å²) in [6, 6.07) is 3.80. The highest BCUT2D eigenvalue weighted by molar-refractivity contribution is 5.24. The Hall–Kier alpha value is -1.22. The van der Waals surface area contributed by atoms with Gasteiger partial charge < -0.3 is 5.32 Å². The van der Waals surface area contributed by atoms with E-state index in [1.807, 2.05) is 6.92 Å². The zero-order valence-corrected chi connectivity index (χ0v) is 11.4. The van der Waals surface area contributed by atoms with Gasteiger partial charge in [-0.3, -0.25) is 0 Å². The molecule has 0 radical (unpaired) electrons. The first-order valence-corrected chi connectivity index (χ1v) is 7.07. The van der Waals surface area contributed by atoms with Gasteiger partial charge >= 0.3 is 0 Å². The van der Waals surface area contributed by atoms with E-state index >= 15 is 0 Å². The normalized spacial score (nSPS) is 17.1. The van der Waals surface area contributed by atoms with Gasteiger partial charge in [0.1, 0.15) is 11.6 Å². The van der Waals surface area contributed by atoms with E-state index in [9.17, 15) is 8.78 Å². The Kier molecular flexibility index (Phi) is 5.08. The summed E-state index contributed by atoms with van der Waals surface area (Å²) >= 11 is 0. The average Bonchev–Trinajstić information content (AvgIpc) is 2.39. The van der Waals surface area contributed by atoms with Crippen molar-refractivity contribution in [3.8, 4) is 0 Å². The number of rotatable bonds is 5. The molecule has 0 heterocycles. The minimum Gasteiger partial charge on any atom is -0.310 e. The molecule has 0 saturated heterocycles. The van der Waals surface area contributed by atoms with E-state index in [4.69, 9.17) is 0 Å². The van der Waals surface area contributed by atoms with Crippen molar-refractivity contribution in [1.29, 1.82) is 0 Å². The van der Waals surface area contributed by atoms with Gasteiger partial charge in [-0.05, 0) is 44.7 Å². The first kappa shape index (κ1) is 14.2. The van der Waals surface area contributed by atoms with Gasteiger partial charge in [0.2, 0.25) is 0 Å². The van der Waals surface area contributed by atoms with Crippen LogP contribution in [0.2, 0.25) is 0 Å². The van der Waals surface area contributed by atoms with Crippen LogP contribution in [0.15, 0.2) is 29.8 Å². The third-order valence-corrected chi connectivity index (χ3v) is 3.64. The quantitative estimate of drug-likeness (QED) is 0.773. The number of benzene rings is 1. The molecular weight excluding hydrogens is 244 g/mol. The molecule has 2 rings (SSSR count). The molecule has 1 aromatic rings. The summed E-state index contributed by atoms with van der Waals surface area (Å²) in [5.74, 6) is -0.976. The molecule has 104 valence electrons. The number of hydrogen-bond donors (Lipinski definition) is 1. The predicted octanol–water partition coefficient (Wildman–Crippen LogP) is 4.51. The van der Waals surface area contributed by atoms with Crippen LogP contribution in [0.5, 0.6) is 0 Å². The third kappa shape index (κ3) is 3.87. The van der Waals surface area contributed by atoms with Gasteiger partial charge in [-0.1, -0.05) is 24.6 Å². The van der Waals surface area contributed by atoms with Crippen LogP contribution in [0.25, 0.3) is 0 Å². The van der Waals surface area contributed by atoms with Crippen LogP contribution in [-0.2, 0) is 0 Å². The molecular formula is C16H21F2N. The van der Waals surface area contributed by atoms with E-state index in [0.717, 1.165) is 31.9 Å². The van der Waals surface area contributed by atoms with Crippen molar-refractivity contribution in [3.05, 3.63) is 47.0 Å². The van der Waals surface area contributed by atoms with Crippen molar-refractivity contribution in [1.82, 2.24) is 5.32 Å². The van der Waals surface area contributed by atoms with Crippen LogP contribution >= 0.6 is 0 Å². The second-order valence-corrected chi connectivity index (χ2v) is 5.09. The molecule has 0 bridgehead atoms. The van der Waals surface area contributed by atoms with Crippen LogP contribution in [0.1, 0.15) is 50.6 Å². The molecule has 0 aliphatic heterocycles. The lowest BCUT2D eigenvalue weighted by Crippen LogP contribution is -2.22. The van der Waals surface area contributed by atoms with Crippen molar-refractivity contribution in [2.45, 2.75) is 45.1 Å². The van der Waals surface area contributed by atoms with Crippen molar-refractivity contribution >= 4 is 0 Å². The van der Waals surface area contributed by atoms with Gasteiger partial charge in [0, 0.05) is 17.7 Å². The highest BCUT2D eigenvalue weighted by Gasteiger charge is 2.17. The van der Waals surface area contributed by atoms with Crippen LogP contribution < -0.4 is 5.32 Å². The van der Waals surface area contributed by atoms with E-state index in [1.54, 1.807) is 6.07 Å². The Morgan fingerprint density at radius 2 is 2.11 bits per heavy atom. The molecule has 1 aromatic carbocycles. The Morgan fingerprint density at radius 3 is 2.74 bits per heavy atom. The maximum Gasteiger partial charge on any atom is 0.130 e. The summed E-state index contributed by atoms with van der Waals surface area (Å²) < 4.78 is 26.9. The second kappa shape index (κ2) is 6.80. The van der Waals surface area contributed by atoms with E-state index in [0.29, 0.717) is 5.56 Å². The summed E-state index contributed by atoms with van der Waals surface area (Å²) in [7, 11) is 0. The van der Waals surface area contributed by atoms with E-state index in [1.165, 1.54) is 24.5 Å². The fourth-order valence-electron chi connectivity index (χ4n) is 2.67. The average molecular weight is 265 g/mol. The predicted molar refractivity (Wildman–Crippen MR) is 73.9 cm³/mol. The number of nitrogens with one attached hydrogen (secondary N) is 1. The first-order chi connectivity index (χ1) is 9.20. The Morgan fingerprint density at radius 1 is 1.26 bits per heavy atom. The summed E-state index contributed by atoms with van der Waals surface area (Å²) in [4.78, 5) is 0. The van der Waals surface area contributed by atoms with Gasteiger partial charge in [-0.25, -0.2) is 8.78 Å². The zero-order chi connectivity index (χ0) is 13.7. The molecule has 0 spiro atoms. The van der Waals surface area contributed by atoms with Gasteiger partial charge in [-0.15, -0.1) is 0 Å². The maximum absolute atomic E-state index is 13.9. The molecule has 1 unspecified atom stereocenters. The van der Waals surface area contributed by atoms with E-state index < -0.39 is 11.6 Å². The van der Waals surface area contributed by atoms with Crippen molar-refractivity contribution in [2.24, 2.45) is 0 Å². The topological polar surface area (TPSA) is 12.0 Å².